The summed E-state index contributed by atoms with van der Waals surface area (Å²) < 4.78 is 5.06. The van der Waals surface area contributed by atoms with Crippen molar-refractivity contribution in [2.24, 2.45) is 5.92 Å². The molecule has 0 bridgehead atoms. The Balaban J connectivity index is 2.22. The predicted octanol–water partition coefficient (Wildman–Crippen LogP) is 1.15. The van der Waals surface area contributed by atoms with E-state index in [0.29, 0.717) is 6.61 Å². The van der Waals surface area contributed by atoms with E-state index in [1.807, 2.05) is 37.3 Å². The summed E-state index contributed by atoms with van der Waals surface area (Å²) in [5.41, 5.74) is 6.89. The zero-order valence-electron chi connectivity index (χ0n) is 11.9. The summed E-state index contributed by atoms with van der Waals surface area (Å²) in [5.74, 6) is -0.391. The number of esters is 1. The average Bonchev–Trinajstić information content (AvgIpc) is 2.77. The topological polar surface area (TPSA) is 70.6 Å². The van der Waals surface area contributed by atoms with Crippen LogP contribution in [0.3, 0.4) is 0 Å². The molecule has 4 atom stereocenters. The summed E-state index contributed by atoms with van der Waals surface area (Å²) in [4.78, 5) is 11.9. The van der Waals surface area contributed by atoms with Gasteiger partial charge in [-0.05, 0) is 19.4 Å². The van der Waals surface area contributed by atoms with E-state index in [-0.39, 0.29) is 30.3 Å². The van der Waals surface area contributed by atoms with E-state index < -0.39 is 6.23 Å². The molecule has 4 unspecified atom stereocenters. The van der Waals surface area contributed by atoms with Gasteiger partial charge in [-0.15, -0.1) is 0 Å². The van der Waals surface area contributed by atoms with Gasteiger partial charge >= 0.3 is 5.97 Å². The molecule has 3 N–H and O–H groups in total. The van der Waals surface area contributed by atoms with Gasteiger partial charge in [0.05, 0.1) is 13.0 Å². The van der Waals surface area contributed by atoms with Crippen LogP contribution >= 0.6 is 0 Å². The van der Waals surface area contributed by atoms with Crippen molar-refractivity contribution in [2.75, 3.05) is 6.61 Å². The number of carbonyl (C=O) groups excluding carboxylic acids is 1. The number of hydrazine groups is 1. The SMILES string of the molecule is CCOC(=O)CC(c1ccccc1)C1C(C)NNC1O. The number of aliphatic hydroxyl groups excluding tert-OH is 1. The standard InChI is InChI=1S/C15H22N2O3/c1-3-20-13(18)9-12(11-7-5-4-6-8-11)14-10(2)16-17-15(14)19/h4-8,10,12,14-17,19H,3,9H2,1-2H3. The Kier molecular flexibility index (Phi) is 5.11. The van der Waals surface area contributed by atoms with E-state index >= 15 is 0 Å². The molecule has 5 nitrogen and oxygen atoms in total. The van der Waals surface area contributed by atoms with Gasteiger partial charge in [0.2, 0.25) is 0 Å². The van der Waals surface area contributed by atoms with Crippen LogP contribution in [0.1, 0.15) is 31.7 Å². The van der Waals surface area contributed by atoms with Crippen LogP contribution in [0.15, 0.2) is 30.3 Å². The highest BCUT2D eigenvalue weighted by molar-refractivity contribution is 5.70. The molecule has 1 aliphatic heterocycles. The lowest BCUT2D eigenvalue weighted by atomic mass is 9.79. The van der Waals surface area contributed by atoms with Crippen LogP contribution < -0.4 is 10.9 Å². The van der Waals surface area contributed by atoms with Gasteiger partial charge in [0.1, 0.15) is 6.23 Å². The first-order valence-electron chi connectivity index (χ1n) is 7.03. The Morgan fingerprint density at radius 3 is 2.60 bits per heavy atom. The predicted molar refractivity (Wildman–Crippen MR) is 75.7 cm³/mol. The monoisotopic (exact) mass is 278 g/mol. The highest BCUT2D eigenvalue weighted by Gasteiger charge is 2.39. The van der Waals surface area contributed by atoms with Crippen LogP contribution in [-0.4, -0.2) is 30.0 Å². The molecular weight excluding hydrogens is 256 g/mol. The Labute approximate surface area is 119 Å². The van der Waals surface area contributed by atoms with Crippen molar-refractivity contribution in [3.05, 3.63) is 35.9 Å². The molecule has 0 aliphatic carbocycles. The fraction of sp³-hybridized carbons (Fsp3) is 0.533. The fourth-order valence-corrected chi connectivity index (χ4v) is 2.83. The van der Waals surface area contributed by atoms with Crippen molar-refractivity contribution in [3.8, 4) is 0 Å². The lowest BCUT2D eigenvalue weighted by Gasteiger charge is -2.27. The van der Waals surface area contributed by atoms with E-state index in [2.05, 4.69) is 10.9 Å². The van der Waals surface area contributed by atoms with Crippen molar-refractivity contribution in [1.29, 1.82) is 0 Å². The maximum Gasteiger partial charge on any atom is 0.306 e. The first-order chi connectivity index (χ1) is 9.63. The summed E-state index contributed by atoms with van der Waals surface area (Å²) >= 11 is 0. The second-order valence-electron chi connectivity index (χ2n) is 5.13. The van der Waals surface area contributed by atoms with E-state index in [9.17, 15) is 9.90 Å². The van der Waals surface area contributed by atoms with Crippen LogP contribution in [0.25, 0.3) is 0 Å². The molecule has 1 aromatic rings. The molecule has 110 valence electrons. The average molecular weight is 278 g/mol. The zero-order valence-corrected chi connectivity index (χ0v) is 11.9. The van der Waals surface area contributed by atoms with Crippen molar-refractivity contribution >= 4 is 5.97 Å². The van der Waals surface area contributed by atoms with E-state index in [4.69, 9.17) is 4.74 Å². The van der Waals surface area contributed by atoms with Gasteiger partial charge in [0, 0.05) is 17.9 Å². The smallest absolute Gasteiger partial charge is 0.306 e. The van der Waals surface area contributed by atoms with Crippen LogP contribution in [0, 0.1) is 5.92 Å². The highest BCUT2D eigenvalue weighted by atomic mass is 16.5. The molecule has 0 aromatic heterocycles. The third kappa shape index (κ3) is 3.36. The van der Waals surface area contributed by atoms with Crippen molar-refractivity contribution in [3.63, 3.8) is 0 Å². The van der Waals surface area contributed by atoms with Gasteiger partial charge in [-0.3, -0.25) is 10.2 Å². The Hall–Kier alpha value is -1.43. The van der Waals surface area contributed by atoms with Crippen LogP contribution in [0.5, 0.6) is 0 Å². The van der Waals surface area contributed by atoms with Gasteiger partial charge < -0.3 is 9.84 Å². The maximum absolute atomic E-state index is 11.9. The number of aliphatic hydroxyl groups is 1. The molecule has 5 heteroatoms. The Morgan fingerprint density at radius 1 is 1.35 bits per heavy atom. The minimum absolute atomic E-state index is 0.0737. The molecule has 0 amide bonds. The van der Waals surface area contributed by atoms with Gasteiger partial charge in [-0.2, -0.15) is 0 Å². The number of ether oxygens (including phenoxy) is 1. The lowest BCUT2D eigenvalue weighted by Crippen LogP contribution is -2.33. The molecule has 1 saturated heterocycles. The number of hydrogen-bond donors (Lipinski definition) is 3. The quantitative estimate of drug-likeness (QED) is 0.705. The molecule has 1 aliphatic rings. The minimum atomic E-state index is -0.676. The molecule has 2 rings (SSSR count). The summed E-state index contributed by atoms with van der Waals surface area (Å²) in [6.07, 6.45) is -0.405. The summed E-state index contributed by atoms with van der Waals surface area (Å²) in [6, 6.07) is 9.88. The van der Waals surface area contributed by atoms with Gasteiger partial charge in [-0.1, -0.05) is 30.3 Å². The number of rotatable bonds is 5. The number of carbonyl (C=O) groups is 1. The van der Waals surface area contributed by atoms with Crippen molar-refractivity contribution in [1.82, 2.24) is 10.9 Å². The van der Waals surface area contributed by atoms with E-state index in [1.54, 1.807) is 6.92 Å². The van der Waals surface area contributed by atoms with Gasteiger partial charge in [-0.25, -0.2) is 5.43 Å². The summed E-state index contributed by atoms with van der Waals surface area (Å²) in [6.45, 7) is 4.17. The van der Waals surface area contributed by atoms with Crippen LogP contribution in [0.4, 0.5) is 0 Å². The first-order valence-corrected chi connectivity index (χ1v) is 7.03. The second-order valence-corrected chi connectivity index (χ2v) is 5.13. The normalized spacial score (nSPS) is 27.2. The molecule has 0 radical (unpaired) electrons. The molecule has 0 spiro atoms. The van der Waals surface area contributed by atoms with Crippen LogP contribution in [-0.2, 0) is 9.53 Å². The largest absolute Gasteiger partial charge is 0.466 e. The maximum atomic E-state index is 11.9. The lowest BCUT2D eigenvalue weighted by molar-refractivity contribution is -0.144. The first kappa shape index (κ1) is 15.0. The van der Waals surface area contributed by atoms with Crippen molar-refractivity contribution in [2.45, 2.75) is 38.5 Å². The number of benzene rings is 1. The molecule has 1 fully saturated rings. The molecular formula is C15H22N2O3. The summed E-state index contributed by atoms with van der Waals surface area (Å²) in [5, 5.41) is 10.1. The third-order valence-corrected chi connectivity index (χ3v) is 3.79. The second kappa shape index (κ2) is 6.83. The molecule has 1 aromatic carbocycles. The number of nitrogens with one attached hydrogen (secondary N) is 2. The third-order valence-electron chi connectivity index (χ3n) is 3.79. The van der Waals surface area contributed by atoms with Crippen LogP contribution in [0.2, 0.25) is 0 Å². The van der Waals surface area contributed by atoms with Gasteiger partial charge in [0.15, 0.2) is 0 Å². The van der Waals surface area contributed by atoms with Gasteiger partial charge in [0.25, 0.3) is 0 Å². The van der Waals surface area contributed by atoms with Crippen molar-refractivity contribution < 1.29 is 14.6 Å². The molecule has 20 heavy (non-hydrogen) atoms. The summed E-state index contributed by atoms with van der Waals surface area (Å²) in [7, 11) is 0. The Morgan fingerprint density at radius 2 is 2.05 bits per heavy atom. The number of hydrogen-bond acceptors (Lipinski definition) is 5. The Bertz CT molecular complexity index is 428. The van der Waals surface area contributed by atoms with E-state index in [0.717, 1.165) is 5.56 Å². The fourth-order valence-electron chi connectivity index (χ4n) is 2.83. The molecule has 1 heterocycles. The highest BCUT2D eigenvalue weighted by Crippen LogP contribution is 2.34. The van der Waals surface area contributed by atoms with E-state index in [1.165, 1.54) is 0 Å². The molecule has 0 saturated carbocycles. The zero-order chi connectivity index (χ0) is 14.5. The minimum Gasteiger partial charge on any atom is -0.466 e.